The zero-order valence-corrected chi connectivity index (χ0v) is 11.2. The molecule has 1 N–H and O–H groups in total. The Hall–Kier alpha value is -1.31. The Morgan fingerprint density at radius 1 is 1.18 bits per heavy atom. The number of hydrogen-bond acceptors (Lipinski definition) is 1. The molecule has 2 nitrogen and oxygen atoms in total. The third-order valence-corrected chi connectivity index (χ3v) is 3.38. The van der Waals surface area contributed by atoms with Crippen molar-refractivity contribution in [3.63, 3.8) is 0 Å². The molecule has 92 valence electrons. The highest BCUT2D eigenvalue weighted by Crippen LogP contribution is 2.35. The number of hydrogen-bond donors (Lipinski definition) is 1. The zero-order valence-electron chi connectivity index (χ0n) is 11.2. The number of anilines is 1. The van der Waals surface area contributed by atoms with Crippen LogP contribution in [0.4, 0.5) is 5.69 Å². The summed E-state index contributed by atoms with van der Waals surface area (Å²) >= 11 is 0. The molecule has 1 aliphatic heterocycles. The van der Waals surface area contributed by atoms with E-state index in [4.69, 9.17) is 0 Å². The van der Waals surface area contributed by atoms with Crippen molar-refractivity contribution in [2.24, 2.45) is 0 Å². The molecular weight excluding hydrogens is 210 g/mol. The number of rotatable bonds is 0. The molecule has 1 amide bonds. The van der Waals surface area contributed by atoms with Crippen molar-refractivity contribution in [2.75, 3.05) is 5.32 Å². The predicted octanol–water partition coefficient (Wildman–Crippen LogP) is 3.57. The minimum Gasteiger partial charge on any atom is -0.326 e. The number of carbonyl (C=O) groups is 1. The van der Waals surface area contributed by atoms with Crippen molar-refractivity contribution in [1.82, 2.24) is 0 Å². The fraction of sp³-hybridized carbons (Fsp3) is 0.533. The van der Waals surface area contributed by atoms with E-state index in [2.05, 4.69) is 39.1 Å². The summed E-state index contributed by atoms with van der Waals surface area (Å²) in [6, 6.07) is 4.16. The van der Waals surface area contributed by atoms with Gasteiger partial charge < -0.3 is 5.32 Å². The van der Waals surface area contributed by atoms with Crippen LogP contribution in [0.25, 0.3) is 0 Å². The molecule has 0 saturated heterocycles. The van der Waals surface area contributed by atoms with Crippen LogP contribution in [0.15, 0.2) is 12.1 Å². The number of carbonyl (C=O) groups excluding carboxylic acids is 1. The standard InChI is InChI=1S/C15H21NO/c1-10-8-9-12-11(14(10)15(2,3)4)6-5-7-13(17)16-12/h8-9H,5-7H2,1-4H3,(H,16,17). The van der Waals surface area contributed by atoms with Gasteiger partial charge in [0.05, 0.1) is 0 Å². The fourth-order valence-corrected chi connectivity index (χ4v) is 2.82. The molecule has 0 unspecified atom stereocenters. The molecule has 0 bridgehead atoms. The van der Waals surface area contributed by atoms with E-state index in [1.54, 1.807) is 0 Å². The molecule has 1 aliphatic rings. The Morgan fingerprint density at radius 3 is 2.53 bits per heavy atom. The van der Waals surface area contributed by atoms with E-state index in [1.165, 1.54) is 16.7 Å². The first kappa shape index (κ1) is 12.2. The average Bonchev–Trinajstić information content (AvgIpc) is 2.36. The number of fused-ring (bicyclic) bond motifs is 1. The molecule has 1 heterocycles. The molecule has 0 radical (unpaired) electrons. The summed E-state index contributed by atoms with van der Waals surface area (Å²) in [5, 5.41) is 3.02. The molecule has 0 aliphatic carbocycles. The minimum absolute atomic E-state index is 0.129. The van der Waals surface area contributed by atoms with Crippen molar-refractivity contribution < 1.29 is 4.79 Å². The first-order valence-electron chi connectivity index (χ1n) is 6.32. The van der Waals surface area contributed by atoms with E-state index in [9.17, 15) is 4.79 Å². The molecule has 0 saturated carbocycles. The normalized spacial score (nSPS) is 16.1. The average molecular weight is 231 g/mol. The van der Waals surface area contributed by atoms with E-state index in [-0.39, 0.29) is 11.3 Å². The molecule has 17 heavy (non-hydrogen) atoms. The van der Waals surface area contributed by atoms with Gasteiger partial charge in [-0.1, -0.05) is 26.8 Å². The Kier molecular flexibility index (Phi) is 2.98. The van der Waals surface area contributed by atoms with Crippen LogP contribution in [0.5, 0.6) is 0 Å². The van der Waals surface area contributed by atoms with Crippen LogP contribution >= 0.6 is 0 Å². The molecule has 0 aromatic heterocycles. The maximum Gasteiger partial charge on any atom is 0.224 e. The summed E-state index contributed by atoms with van der Waals surface area (Å²) in [5.41, 5.74) is 5.21. The van der Waals surface area contributed by atoms with Crippen LogP contribution in [0.3, 0.4) is 0 Å². The summed E-state index contributed by atoms with van der Waals surface area (Å²) in [6.45, 7) is 8.88. The fourth-order valence-electron chi connectivity index (χ4n) is 2.82. The molecule has 0 spiro atoms. The lowest BCUT2D eigenvalue weighted by Crippen LogP contribution is -2.17. The maximum atomic E-state index is 11.6. The Bertz CT molecular complexity index is 455. The maximum absolute atomic E-state index is 11.6. The van der Waals surface area contributed by atoms with Crippen LogP contribution in [0.1, 0.15) is 50.3 Å². The molecule has 0 atom stereocenters. The second kappa shape index (κ2) is 4.17. The smallest absolute Gasteiger partial charge is 0.224 e. The number of benzene rings is 1. The highest BCUT2D eigenvalue weighted by Gasteiger charge is 2.24. The SMILES string of the molecule is Cc1ccc2c(c1C(C)(C)C)CCCC(=O)N2. The van der Waals surface area contributed by atoms with Crippen molar-refractivity contribution >= 4 is 11.6 Å². The molecule has 1 aromatic carbocycles. The van der Waals surface area contributed by atoms with Crippen LogP contribution in [-0.2, 0) is 16.6 Å². The Balaban J connectivity index is 2.60. The van der Waals surface area contributed by atoms with E-state index in [0.29, 0.717) is 6.42 Å². The lowest BCUT2D eigenvalue weighted by atomic mass is 9.79. The second-order valence-electron chi connectivity index (χ2n) is 5.94. The zero-order chi connectivity index (χ0) is 12.6. The summed E-state index contributed by atoms with van der Waals surface area (Å²) < 4.78 is 0. The van der Waals surface area contributed by atoms with Gasteiger partial charge in [0.2, 0.25) is 5.91 Å². The largest absolute Gasteiger partial charge is 0.326 e. The van der Waals surface area contributed by atoms with Gasteiger partial charge in [-0.2, -0.15) is 0 Å². The van der Waals surface area contributed by atoms with Crippen molar-refractivity contribution in [3.8, 4) is 0 Å². The number of amides is 1. The highest BCUT2D eigenvalue weighted by atomic mass is 16.1. The summed E-state index contributed by atoms with van der Waals surface area (Å²) in [6.07, 6.45) is 2.59. The van der Waals surface area contributed by atoms with Crippen molar-refractivity contribution in [2.45, 2.75) is 52.4 Å². The quantitative estimate of drug-likeness (QED) is 0.726. The van der Waals surface area contributed by atoms with Gasteiger partial charge in [0.25, 0.3) is 0 Å². The van der Waals surface area contributed by atoms with E-state index < -0.39 is 0 Å². The molecule has 2 rings (SSSR count). The van der Waals surface area contributed by atoms with Crippen molar-refractivity contribution in [3.05, 3.63) is 28.8 Å². The third-order valence-electron chi connectivity index (χ3n) is 3.38. The van der Waals surface area contributed by atoms with Crippen LogP contribution in [-0.4, -0.2) is 5.91 Å². The van der Waals surface area contributed by atoms with Gasteiger partial charge in [0.1, 0.15) is 0 Å². The van der Waals surface area contributed by atoms with Crippen LogP contribution in [0, 0.1) is 6.92 Å². The summed E-state index contributed by atoms with van der Waals surface area (Å²) in [4.78, 5) is 11.6. The van der Waals surface area contributed by atoms with E-state index in [0.717, 1.165) is 18.5 Å². The minimum atomic E-state index is 0.129. The number of aryl methyl sites for hydroxylation is 1. The predicted molar refractivity (Wildman–Crippen MR) is 71.4 cm³/mol. The monoisotopic (exact) mass is 231 g/mol. The highest BCUT2D eigenvalue weighted by molar-refractivity contribution is 5.92. The van der Waals surface area contributed by atoms with E-state index in [1.807, 2.05) is 6.07 Å². The molecular formula is C15H21NO. The van der Waals surface area contributed by atoms with Gasteiger partial charge in [0.15, 0.2) is 0 Å². The molecule has 2 heteroatoms. The lowest BCUT2D eigenvalue weighted by molar-refractivity contribution is -0.116. The second-order valence-corrected chi connectivity index (χ2v) is 5.94. The van der Waals surface area contributed by atoms with Crippen molar-refractivity contribution in [1.29, 1.82) is 0 Å². The van der Waals surface area contributed by atoms with Gasteiger partial charge in [-0.15, -0.1) is 0 Å². The summed E-state index contributed by atoms with van der Waals surface area (Å²) in [7, 11) is 0. The Morgan fingerprint density at radius 2 is 1.88 bits per heavy atom. The van der Waals surface area contributed by atoms with Gasteiger partial charge >= 0.3 is 0 Å². The van der Waals surface area contributed by atoms with Gasteiger partial charge in [-0.05, 0) is 47.9 Å². The third kappa shape index (κ3) is 2.36. The Labute approximate surface area is 103 Å². The molecule has 0 fully saturated rings. The summed E-state index contributed by atoms with van der Waals surface area (Å²) in [5.74, 6) is 0.146. The first-order valence-corrected chi connectivity index (χ1v) is 6.32. The van der Waals surface area contributed by atoms with E-state index >= 15 is 0 Å². The van der Waals surface area contributed by atoms with Gasteiger partial charge in [-0.3, -0.25) is 4.79 Å². The van der Waals surface area contributed by atoms with Crippen LogP contribution in [0.2, 0.25) is 0 Å². The topological polar surface area (TPSA) is 29.1 Å². The van der Waals surface area contributed by atoms with Crippen LogP contribution < -0.4 is 5.32 Å². The first-order chi connectivity index (χ1) is 7.89. The molecule has 1 aromatic rings. The van der Waals surface area contributed by atoms with Gasteiger partial charge in [0, 0.05) is 12.1 Å². The lowest BCUT2D eigenvalue weighted by Gasteiger charge is -2.26. The number of nitrogens with one attached hydrogen (secondary N) is 1. The van der Waals surface area contributed by atoms with Gasteiger partial charge in [-0.25, -0.2) is 0 Å².